The number of aliphatic imine (C=N–C) groups is 1. The standard InChI is InChI=1S/C15H32N4O.HI/c1-12(2)8-7-9-18-14(16-6)19-11-10-17-13(20)15(3,4)5;/h12H,7-11H2,1-6H3,(H,17,20)(H2,16,18,19);1H. The molecule has 0 aliphatic heterocycles. The van der Waals surface area contributed by atoms with Crippen molar-refractivity contribution in [2.75, 3.05) is 26.7 Å². The van der Waals surface area contributed by atoms with Gasteiger partial charge < -0.3 is 16.0 Å². The molecule has 0 saturated carbocycles. The molecule has 0 rings (SSSR count). The van der Waals surface area contributed by atoms with E-state index in [-0.39, 0.29) is 35.3 Å². The normalized spacial score (nSPS) is 11.9. The van der Waals surface area contributed by atoms with E-state index in [2.05, 4.69) is 34.8 Å². The molecule has 0 aliphatic rings. The average molecular weight is 412 g/mol. The molecule has 3 N–H and O–H groups in total. The topological polar surface area (TPSA) is 65.5 Å². The van der Waals surface area contributed by atoms with Gasteiger partial charge in [0.1, 0.15) is 0 Å². The molecule has 0 aromatic heterocycles. The Bertz CT molecular complexity index is 311. The van der Waals surface area contributed by atoms with Crippen LogP contribution in [0, 0.1) is 11.3 Å². The summed E-state index contributed by atoms with van der Waals surface area (Å²) in [5.74, 6) is 1.59. The molecule has 0 unspecified atom stereocenters. The first-order chi connectivity index (χ1) is 9.27. The fourth-order valence-corrected chi connectivity index (χ4v) is 1.56. The minimum atomic E-state index is -0.337. The first-order valence-electron chi connectivity index (χ1n) is 7.50. The summed E-state index contributed by atoms with van der Waals surface area (Å²) in [6, 6.07) is 0. The monoisotopic (exact) mass is 412 g/mol. The van der Waals surface area contributed by atoms with Crippen LogP contribution in [0.2, 0.25) is 0 Å². The molecule has 1 amide bonds. The average Bonchev–Trinajstić information content (AvgIpc) is 2.35. The van der Waals surface area contributed by atoms with E-state index in [0.29, 0.717) is 13.1 Å². The molecule has 0 bridgehead atoms. The third-order valence-electron chi connectivity index (χ3n) is 2.86. The van der Waals surface area contributed by atoms with Gasteiger partial charge in [0.05, 0.1) is 0 Å². The predicted molar refractivity (Wildman–Crippen MR) is 101 cm³/mol. The Labute approximate surface area is 147 Å². The van der Waals surface area contributed by atoms with Gasteiger partial charge in [0.25, 0.3) is 0 Å². The van der Waals surface area contributed by atoms with E-state index in [1.54, 1.807) is 7.05 Å². The zero-order valence-electron chi connectivity index (χ0n) is 14.4. The van der Waals surface area contributed by atoms with Crippen molar-refractivity contribution in [2.45, 2.75) is 47.5 Å². The van der Waals surface area contributed by atoms with E-state index < -0.39 is 0 Å². The minimum Gasteiger partial charge on any atom is -0.356 e. The van der Waals surface area contributed by atoms with Crippen LogP contribution < -0.4 is 16.0 Å². The Morgan fingerprint density at radius 2 is 1.57 bits per heavy atom. The number of rotatable bonds is 7. The highest BCUT2D eigenvalue weighted by atomic mass is 127. The minimum absolute atomic E-state index is 0. The van der Waals surface area contributed by atoms with Gasteiger partial charge in [-0.25, -0.2) is 0 Å². The third kappa shape index (κ3) is 12.9. The molecule has 0 radical (unpaired) electrons. The van der Waals surface area contributed by atoms with Crippen molar-refractivity contribution in [1.82, 2.24) is 16.0 Å². The molecule has 0 aromatic carbocycles. The SMILES string of the molecule is CN=C(NCCCC(C)C)NCCNC(=O)C(C)(C)C.I. The number of halogens is 1. The third-order valence-corrected chi connectivity index (χ3v) is 2.86. The van der Waals surface area contributed by atoms with Crippen LogP contribution in [0.15, 0.2) is 4.99 Å². The summed E-state index contributed by atoms with van der Waals surface area (Å²) >= 11 is 0. The highest BCUT2D eigenvalue weighted by Gasteiger charge is 2.20. The van der Waals surface area contributed by atoms with Gasteiger partial charge in [0.2, 0.25) is 5.91 Å². The number of amides is 1. The van der Waals surface area contributed by atoms with Gasteiger partial charge in [-0.15, -0.1) is 24.0 Å². The highest BCUT2D eigenvalue weighted by Crippen LogP contribution is 2.11. The van der Waals surface area contributed by atoms with Crippen LogP contribution >= 0.6 is 24.0 Å². The summed E-state index contributed by atoms with van der Waals surface area (Å²) in [7, 11) is 1.76. The summed E-state index contributed by atoms with van der Waals surface area (Å²) in [5, 5.41) is 9.36. The molecule has 0 heterocycles. The maximum absolute atomic E-state index is 11.7. The van der Waals surface area contributed by atoms with E-state index in [4.69, 9.17) is 0 Å². The molecule has 0 aliphatic carbocycles. The van der Waals surface area contributed by atoms with Gasteiger partial charge in [0.15, 0.2) is 5.96 Å². The molecule has 0 saturated heterocycles. The van der Waals surface area contributed by atoms with Crippen LogP contribution in [0.5, 0.6) is 0 Å². The maximum atomic E-state index is 11.7. The lowest BCUT2D eigenvalue weighted by Gasteiger charge is -2.18. The largest absolute Gasteiger partial charge is 0.356 e. The summed E-state index contributed by atoms with van der Waals surface area (Å²) in [5.41, 5.74) is -0.337. The van der Waals surface area contributed by atoms with Gasteiger partial charge >= 0.3 is 0 Å². The molecule has 0 atom stereocenters. The van der Waals surface area contributed by atoms with Crippen LogP contribution in [0.4, 0.5) is 0 Å². The van der Waals surface area contributed by atoms with Crippen molar-refractivity contribution in [3.05, 3.63) is 0 Å². The Hall–Kier alpha value is -0.530. The molecule has 6 heteroatoms. The summed E-state index contributed by atoms with van der Waals surface area (Å²) < 4.78 is 0. The van der Waals surface area contributed by atoms with Gasteiger partial charge in [-0.2, -0.15) is 0 Å². The lowest BCUT2D eigenvalue weighted by molar-refractivity contribution is -0.128. The molecule has 126 valence electrons. The van der Waals surface area contributed by atoms with Crippen molar-refractivity contribution in [1.29, 1.82) is 0 Å². The van der Waals surface area contributed by atoms with Gasteiger partial charge in [0, 0.05) is 32.1 Å². The number of nitrogens with one attached hydrogen (secondary N) is 3. The lowest BCUT2D eigenvalue weighted by Crippen LogP contribution is -2.43. The van der Waals surface area contributed by atoms with Crippen LogP contribution in [0.1, 0.15) is 47.5 Å². The number of carbonyl (C=O) groups excluding carboxylic acids is 1. The smallest absolute Gasteiger partial charge is 0.225 e. The van der Waals surface area contributed by atoms with Gasteiger partial charge in [-0.1, -0.05) is 34.6 Å². The van der Waals surface area contributed by atoms with E-state index in [1.807, 2.05) is 20.8 Å². The van der Waals surface area contributed by atoms with Gasteiger partial charge in [-0.3, -0.25) is 9.79 Å². The number of carbonyl (C=O) groups is 1. The molecule has 5 nitrogen and oxygen atoms in total. The van der Waals surface area contributed by atoms with E-state index >= 15 is 0 Å². The van der Waals surface area contributed by atoms with Crippen LogP contribution in [-0.4, -0.2) is 38.5 Å². The molecule has 0 aromatic rings. The number of hydrogen-bond donors (Lipinski definition) is 3. The van der Waals surface area contributed by atoms with Crippen molar-refractivity contribution in [3.63, 3.8) is 0 Å². The first kappa shape index (κ1) is 22.7. The van der Waals surface area contributed by atoms with E-state index in [0.717, 1.165) is 24.8 Å². The van der Waals surface area contributed by atoms with Crippen LogP contribution in [0.3, 0.4) is 0 Å². The van der Waals surface area contributed by atoms with Crippen molar-refractivity contribution in [2.24, 2.45) is 16.3 Å². The van der Waals surface area contributed by atoms with Crippen molar-refractivity contribution < 1.29 is 4.79 Å². The van der Waals surface area contributed by atoms with Crippen LogP contribution in [0.25, 0.3) is 0 Å². The van der Waals surface area contributed by atoms with Gasteiger partial charge in [-0.05, 0) is 18.8 Å². The quantitative estimate of drug-likeness (QED) is 0.260. The summed E-state index contributed by atoms with van der Waals surface area (Å²) in [6.45, 7) is 12.4. The summed E-state index contributed by atoms with van der Waals surface area (Å²) in [4.78, 5) is 15.8. The lowest BCUT2D eigenvalue weighted by atomic mass is 9.96. The second-order valence-electron chi connectivity index (χ2n) is 6.47. The maximum Gasteiger partial charge on any atom is 0.225 e. The Balaban J connectivity index is 0. The van der Waals surface area contributed by atoms with E-state index in [9.17, 15) is 4.79 Å². The van der Waals surface area contributed by atoms with Crippen molar-refractivity contribution >= 4 is 35.8 Å². The van der Waals surface area contributed by atoms with Crippen molar-refractivity contribution in [3.8, 4) is 0 Å². The highest BCUT2D eigenvalue weighted by molar-refractivity contribution is 14.0. The second-order valence-corrected chi connectivity index (χ2v) is 6.47. The fraction of sp³-hybridized carbons (Fsp3) is 0.867. The number of nitrogens with zero attached hydrogens (tertiary/aromatic N) is 1. The number of guanidine groups is 1. The molecule has 0 spiro atoms. The summed E-state index contributed by atoms with van der Waals surface area (Å²) in [6.07, 6.45) is 2.35. The van der Waals surface area contributed by atoms with E-state index in [1.165, 1.54) is 6.42 Å². The molecule has 0 fully saturated rings. The Morgan fingerprint density at radius 3 is 2.05 bits per heavy atom. The van der Waals surface area contributed by atoms with Crippen LogP contribution in [-0.2, 0) is 4.79 Å². The Morgan fingerprint density at radius 1 is 1.05 bits per heavy atom. The molecular formula is C15H33IN4O. The zero-order valence-corrected chi connectivity index (χ0v) is 16.7. The zero-order chi connectivity index (χ0) is 15.6. The molecular weight excluding hydrogens is 379 g/mol. The predicted octanol–water partition coefficient (Wildman–Crippen LogP) is 2.37. The molecule has 21 heavy (non-hydrogen) atoms. The second kappa shape index (κ2) is 12.1. The fourth-order valence-electron chi connectivity index (χ4n) is 1.56. The Kier molecular flexibility index (Phi) is 13.1. The number of hydrogen-bond acceptors (Lipinski definition) is 2. The first-order valence-corrected chi connectivity index (χ1v) is 7.50.